The molecule has 0 aromatic rings. The summed E-state index contributed by atoms with van der Waals surface area (Å²) in [6.07, 6.45) is 8.84. The zero-order valence-corrected chi connectivity index (χ0v) is 6.92. The predicted molar refractivity (Wildman–Crippen MR) is 46.3 cm³/mol. The van der Waals surface area contributed by atoms with Crippen molar-refractivity contribution in [3.63, 3.8) is 0 Å². The van der Waals surface area contributed by atoms with Gasteiger partial charge in [0.15, 0.2) is 5.78 Å². The van der Waals surface area contributed by atoms with Crippen molar-refractivity contribution < 1.29 is 4.79 Å². The van der Waals surface area contributed by atoms with E-state index in [2.05, 4.69) is 0 Å². The fraction of sp³-hybridized carbons (Fsp3) is 0.300. The van der Waals surface area contributed by atoms with E-state index in [4.69, 9.17) is 0 Å². The van der Waals surface area contributed by atoms with Crippen LogP contribution in [0.4, 0.5) is 0 Å². The topological polar surface area (TPSA) is 17.1 Å². The van der Waals surface area contributed by atoms with Crippen LogP contribution in [0.25, 0.3) is 0 Å². The van der Waals surface area contributed by atoms with Gasteiger partial charge in [0, 0.05) is 5.57 Å². The van der Waals surface area contributed by atoms with Crippen molar-refractivity contribution in [3.8, 4) is 0 Å². The summed E-state index contributed by atoms with van der Waals surface area (Å²) in [5.41, 5.74) is 1.92. The van der Waals surface area contributed by atoms with Crippen LogP contribution in [0.15, 0.2) is 35.5 Å². The fourth-order valence-corrected chi connectivity index (χ4v) is 1.15. The number of Topliss-reactive ketones (excluding diaryl/α,β-unsaturated/α-hetero) is 1. The molecule has 1 heteroatoms. The quantitative estimate of drug-likeness (QED) is 0.558. The number of allylic oxidation sites excluding steroid dienone is 6. The van der Waals surface area contributed by atoms with Crippen LogP contribution in [0.1, 0.15) is 20.3 Å². The first-order valence-corrected chi connectivity index (χ1v) is 3.76. The second-order valence-electron chi connectivity index (χ2n) is 2.69. The molecule has 0 fully saturated rings. The molecule has 0 atom stereocenters. The van der Waals surface area contributed by atoms with Crippen molar-refractivity contribution in [1.82, 2.24) is 0 Å². The molecule has 1 rings (SSSR count). The summed E-state index contributed by atoms with van der Waals surface area (Å²) < 4.78 is 0. The Morgan fingerprint density at radius 3 is 2.91 bits per heavy atom. The molecule has 0 aliphatic heterocycles. The molecule has 0 radical (unpaired) electrons. The van der Waals surface area contributed by atoms with Gasteiger partial charge in [-0.15, -0.1) is 0 Å². The van der Waals surface area contributed by atoms with Gasteiger partial charge in [-0.25, -0.2) is 0 Å². The lowest BCUT2D eigenvalue weighted by atomic mass is 10.0. The predicted octanol–water partition coefficient (Wildman–Crippen LogP) is 2.41. The van der Waals surface area contributed by atoms with Gasteiger partial charge in [0.05, 0.1) is 0 Å². The highest BCUT2D eigenvalue weighted by atomic mass is 16.1. The summed E-state index contributed by atoms with van der Waals surface area (Å²) in [6.45, 7) is 3.57. The second kappa shape index (κ2) is 3.33. The largest absolute Gasteiger partial charge is 0.295 e. The zero-order chi connectivity index (χ0) is 8.27. The van der Waals surface area contributed by atoms with Crippen molar-refractivity contribution in [3.05, 3.63) is 35.5 Å². The lowest BCUT2D eigenvalue weighted by Gasteiger charge is -1.99. The van der Waals surface area contributed by atoms with Crippen LogP contribution >= 0.6 is 0 Å². The summed E-state index contributed by atoms with van der Waals surface area (Å²) in [5, 5.41) is 0. The third-order valence-electron chi connectivity index (χ3n) is 1.74. The first-order valence-electron chi connectivity index (χ1n) is 3.76. The molecule has 0 aromatic heterocycles. The molecule has 0 bridgehead atoms. The van der Waals surface area contributed by atoms with Gasteiger partial charge < -0.3 is 0 Å². The minimum absolute atomic E-state index is 0.155. The Bertz CT molecular complexity index is 254. The molecule has 1 aliphatic carbocycles. The van der Waals surface area contributed by atoms with E-state index < -0.39 is 0 Å². The van der Waals surface area contributed by atoms with Gasteiger partial charge >= 0.3 is 0 Å². The van der Waals surface area contributed by atoms with Crippen molar-refractivity contribution >= 4 is 5.78 Å². The SMILES string of the molecule is CC(=O)C1=CCC=CC=C1C. The molecule has 0 aromatic carbocycles. The Morgan fingerprint density at radius 1 is 1.55 bits per heavy atom. The summed E-state index contributed by atoms with van der Waals surface area (Å²) in [4.78, 5) is 11.0. The van der Waals surface area contributed by atoms with Crippen molar-refractivity contribution in [2.45, 2.75) is 20.3 Å². The van der Waals surface area contributed by atoms with Gasteiger partial charge in [0.1, 0.15) is 0 Å². The van der Waals surface area contributed by atoms with Gasteiger partial charge in [0.2, 0.25) is 0 Å². The number of hydrogen-bond donors (Lipinski definition) is 0. The summed E-state index contributed by atoms with van der Waals surface area (Å²) in [5.74, 6) is 0.155. The standard InChI is InChI=1S/C10H12O/c1-8-6-4-3-5-7-10(8)9(2)11/h3-4,6-7H,5H2,1-2H3. The Morgan fingerprint density at radius 2 is 2.27 bits per heavy atom. The normalized spacial score (nSPS) is 16.9. The van der Waals surface area contributed by atoms with Crippen LogP contribution in [-0.2, 0) is 4.79 Å². The maximum absolute atomic E-state index is 11.0. The van der Waals surface area contributed by atoms with E-state index in [0.717, 1.165) is 17.6 Å². The maximum atomic E-state index is 11.0. The van der Waals surface area contributed by atoms with Crippen LogP contribution in [0.3, 0.4) is 0 Å². The van der Waals surface area contributed by atoms with Crippen molar-refractivity contribution in [2.75, 3.05) is 0 Å². The number of rotatable bonds is 1. The van der Waals surface area contributed by atoms with Crippen LogP contribution in [0.5, 0.6) is 0 Å². The molecule has 1 aliphatic rings. The van der Waals surface area contributed by atoms with Gasteiger partial charge in [-0.3, -0.25) is 4.79 Å². The highest BCUT2D eigenvalue weighted by Crippen LogP contribution is 2.14. The average Bonchev–Trinajstić information content (AvgIpc) is 2.13. The molecule has 1 nitrogen and oxygen atoms in total. The number of ketones is 1. The van der Waals surface area contributed by atoms with Gasteiger partial charge in [-0.1, -0.05) is 24.3 Å². The van der Waals surface area contributed by atoms with Gasteiger partial charge in [-0.05, 0) is 25.8 Å². The first kappa shape index (κ1) is 7.99. The molecule has 11 heavy (non-hydrogen) atoms. The van der Waals surface area contributed by atoms with Crippen molar-refractivity contribution in [1.29, 1.82) is 0 Å². The zero-order valence-electron chi connectivity index (χ0n) is 6.92. The number of carbonyl (C=O) groups is 1. The van der Waals surface area contributed by atoms with Crippen molar-refractivity contribution in [2.24, 2.45) is 0 Å². The Kier molecular flexibility index (Phi) is 2.42. The minimum Gasteiger partial charge on any atom is -0.295 e. The molecule has 0 unspecified atom stereocenters. The van der Waals surface area contributed by atoms with Gasteiger partial charge in [0.25, 0.3) is 0 Å². The monoisotopic (exact) mass is 148 g/mol. The maximum Gasteiger partial charge on any atom is 0.159 e. The van der Waals surface area contributed by atoms with E-state index in [9.17, 15) is 4.79 Å². The molecule has 0 saturated heterocycles. The molecule has 0 amide bonds. The minimum atomic E-state index is 0.155. The van der Waals surface area contributed by atoms with E-state index in [0.29, 0.717) is 0 Å². The lowest BCUT2D eigenvalue weighted by molar-refractivity contribution is -0.113. The van der Waals surface area contributed by atoms with Crippen LogP contribution in [0.2, 0.25) is 0 Å². The molecular weight excluding hydrogens is 136 g/mol. The van der Waals surface area contributed by atoms with E-state index >= 15 is 0 Å². The molecule has 0 spiro atoms. The van der Waals surface area contributed by atoms with E-state index in [-0.39, 0.29) is 5.78 Å². The Balaban J connectivity index is 2.95. The first-order chi connectivity index (χ1) is 5.22. The van der Waals surface area contributed by atoms with Crippen LogP contribution in [-0.4, -0.2) is 5.78 Å². The summed E-state index contributed by atoms with van der Waals surface area (Å²) in [6, 6.07) is 0. The van der Waals surface area contributed by atoms with Crippen LogP contribution < -0.4 is 0 Å². The van der Waals surface area contributed by atoms with E-state index in [1.807, 2.05) is 31.2 Å². The smallest absolute Gasteiger partial charge is 0.159 e. The molecule has 58 valence electrons. The number of hydrogen-bond acceptors (Lipinski definition) is 1. The summed E-state index contributed by atoms with van der Waals surface area (Å²) in [7, 11) is 0. The molecule has 0 N–H and O–H groups in total. The molecular formula is C10H12O. The fourth-order valence-electron chi connectivity index (χ4n) is 1.15. The van der Waals surface area contributed by atoms with E-state index in [1.165, 1.54) is 0 Å². The molecule has 0 heterocycles. The van der Waals surface area contributed by atoms with Gasteiger partial charge in [-0.2, -0.15) is 0 Å². The average molecular weight is 148 g/mol. The lowest BCUT2D eigenvalue weighted by Crippen LogP contribution is -1.96. The Labute approximate surface area is 67.1 Å². The highest BCUT2D eigenvalue weighted by Gasteiger charge is 2.05. The highest BCUT2D eigenvalue weighted by molar-refractivity contribution is 5.97. The number of carbonyl (C=O) groups excluding carboxylic acids is 1. The Hall–Kier alpha value is -1.11. The van der Waals surface area contributed by atoms with Crippen LogP contribution in [0, 0.1) is 0 Å². The second-order valence-corrected chi connectivity index (χ2v) is 2.69. The third kappa shape index (κ3) is 1.90. The summed E-state index contributed by atoms with van der Waals surface area (Å²) >= 11 is 0. The van der Waals surface area contributed by atoms with E-state index in [1.54, 1.807) is 6.92 Å². The molecule has 0 saturated carbocycles. The third-order valence-corrected chi connectivity index (χ3v) is 1.74.